The molecule has 2 heterocycles. The molecular weight excluding hydrogens is 340 g/mol. The number of rotatable bonds is 5. The summed E-state index contributed by atoms with van der Waals surface area (Å²) in [5.74, 6) is -0.145. The van der Waals surface area contributed by atoms with Crippen LogP contribution in [0, 0.1) is 5.92 Å². The lowest BCUT2D eigenvalue weighted by Crippen LogP contribution is -2.54. The van der Waals surface area contributed by atoms with Crippen LogP contribution in [-0.4, -0.2) is 64.7 Å². The second kappa shape index (κ2) is 7.11. The van der Waals surface area contributed by atoms with Gasteiger partial charge in [-0.2, -0.15) is 0 Å². The molecule has 27 heavy (non-hydrogen) atoms. The first-order valence-corrected chi connectivity index (χ1v) is 9.70. The summed E-state index contributed by atoms with van der Waals surface area (Å²) in [6, 6.07) is 6.69. The van der Waals surface area contributed by atoms with Gasteiger partial charge in [0.05, 0.1) is 12.5 Å². The molecule has 2 aromatic rings. The number of hydrogen-bond donors (Lipinski definition) is 3. The van der Waals surface area contributed by atoms with Crippen molar-refractivity contribution in [2.75, 3.05) is 26.7 Å². The van der Waals surface area contributed by atoms with Crippen molar-refractivity contribution in [2.45, 2.75) is 32.4 Å². The number of fused-ring (bicyclic) bond motifs is 2. The van der Waals surface area contributed by atoms with Crippen LogP contribution in [0.2, 0.25) is 0 Å². The average Bonchev–Trinajstić information content (AvgIpc) is 3.07. The highest BCUT2D eigenvalue weighted by Gasteiger charge is 2.37. The molecule has 1 amide bonds. The molecule has 2 atom stereocenters. The van der Waals surface area contributed by atoms with Gasteiger partial charge in [0.2, 0.25) is 5.91 Å². The Kier molecular flexibility index (Phi) is 4.80. The number of hydrazine groups is 1. The number of amides is 1. The zero-order valence-electron chi connectivity index (χ0n) is 16.2. The Balaban J connectivity index is 1.71. The van der Waals surface area contributed by atoms with E-state index in [1.54, 1.807) is 5.01 Å². The smallest absolute Gasteiger partial charge is 0.245 e. The Labute approximate surface area is 159 Å². The molecule has 6 heteroatoms. The van der Waals surface area contributed by atoms with Crippen LogP contribution in [-0.2, 0) is 11.2 Å². The topological polar surface area (TPSA) is 71.6 Å². The van der Waals surface area contributed by atoms with Crippen LogP contribution >= 0.6 is 0 Å². The Hall–Kier alpha value is -2.15. The lowest BCUT2D eigenvalue weighted by atomic mass is 9.79. The standard InChI is InChI=1S/C21H28N4O2/c1-13(2)25(23-7-8-26)21(27)15-9-17-16-5-4-6-18-20(16)14(11-22-18)10-19(17)24(3)12-15/h4-6,9,11,13,15,19,22-23,26H,7-8,10,12H2,1-3H3. The van der Waals surface area contributed by atoms with E-state index in [9.17, 15) is 4.79 Å². The maximum absolute atomic E-state index is 13.2. The summed E-state index contributed by atoms with van der Waals surface area (Å²) in [6.45, 7) is 5.04. The molecule has 1 aliphatic heterocycles. The van der Waals surface area contributed by atoms with E-state index in [0.29, 0.717) is 19.1 Å². The molecule has 0 fully saturated rings. The number of aliphatic hydroxyl groups is 1. The van der Waals surface area contributed by atoms with Crippen LogP contribution in [0.5, 0.6) is 0 Å². The monoisotopic (exact) mass is 368 g/mol. The summed E-state index contributed by atoms with van der Waals surface area (Å²) in [6.07, 6.45) is 5.26. The lowest BCUT2D eigenvalue weighted by Gasteiger charge is -2.41. The number of nitrogens with zero attached hydrogens (tertiary/aromatic N) is 2. The number of aliphatic hydroxyl groups excluding tert-OH is 1. The van der Waals surface area contributed by atoms with Crippen molar-refractivity contribution in [1.29, 1.82) is 0 Å². The van der Waals surface area contributed by atoms with Crippen LogP contribution in [0.15, 0.2) is 30.5 Å². The Morgan fingerprint density at radius 3 is 3.00 bits per heavy atom. The first kappa shape index (κ1) is 18.2. The van der Waals surface area contributed by atoms with E-state index in [2.05, 4.69) is 52.8 Å². The van der Waals surface area contributed by atoms with Gasteiger partial charge in [0.25, 0.3) is 0 Å². The number of hydrogen-bond acceptors (Lipinski definition) is 4. The van der Waals surface area contributed by atoms with Gasteiger partial charge in [-0.05, 0) is 50.1 Å². The van der Waals surface area contributed by atoms with Crippen molar-refractivity contribution in [3.63, 3.8) is 0 Å². The van der Waals surface area contributed by atoms with Crippen LogP contribution in [0.1, 0.15) is 25.0 Å². The number of carbonyl (C=O) groups is 1. The van der Waals surface area contributed by atoms with Gasteiger partial charge in [0, 0.05) is 42.3 Å². The fraction of sp³-hybridized carbons (Fsp3) is 0.476. The molecule has 0 saturated heterocycles. The number of nitrogens with one attached hydrogen (secondary N) is 2. The number of benzene rings is 1. The van der Waals surface area contributed by atoms with Crippen LogP contribution in [0.25, 0.3) is 16.5 Å². The average molecular weight is 368 g/mol. The molecule has 4 rings (SSSR count). The molecule has 1 aromatic carbocycles. The summed E-state index contributed by atoms with van der Waals surface area (Å²) in [4.78, 5) is 18.9. The zero-order chi connectivity index (χ0) is 19.1. The van der Waals surface area contributed by atoms with Gasteiger partial charge >= 0.3 is 0 Å². The van der Waals surface area contributed by atoms with E-state index in [0.717, 1.165) is 11.9 Å². The first-order chi connectivity index (χ1) is 13.0. The normalized spacial score (nSPS) is 22.0. The predicted octanol–water partition coefficient (Wildman–Crippen LogP) is 1.77. The van der Waals surface area contributed by atoms with E-state index < -0.39 is 0 Å². The van der Waals surface area contributed by atoms with Gasteiger partial charge in [-0.25, -0.2) is 5.43 Å². The molecule has 1 aromatic heterocycles. The molecule has 0 bridgehead atoms. The molecular formula is C21H28N4O2. The summed E-state index contributed by atoms with van der Waals surface area (Å²) in [5, 5.41) is 12.1. The molecule has 0 radical (unpaired) electrons. The Morgan fingerprint density at radius 1 is 1.44 bits per heavy atom. The maximum Gasteiger partial charge on any atom is 0.245 e. The largest absolute Gasteiger partial charge is 0.395 e. The van der Waals surface area contributed by atoms with Crippen LogP contribution in [0.4, 0.5) is 0 Å². The third-order valence-corrected chi connectivity index (χ3v) is 5.73. The summed E-state index contributed by atoms with van der Waals surface area (Å²) >= 11 is 0. The van der Waals surface area contributed by atoms with Crippen molar-refractivity contribution < 1.29 is 9.90 Å². The van der Waals surface area contributed by atoms with Crippen molar-refractivity contribution in [2.24, 2.45) is 5.92 Å². The number of aromatic nitrogens is 1. The second-order valence-electron chi connectivity index (χ2n) is 7.86. The van der Waals surface area contributed by atoms with Crippen LogP contribution < -0.4 is 5.43 Å². The Bertz CT molecular complexity index is 885. The Morgan fingerprint density at radius 2 is 2.26 bits per heavy atom. The molecule has 2 unspecified atom stereocenters. The van der Waals surface area contributed by atoms with Crippen molar-refractivity contribution >= 4 is 22.4 Å². The quantitative estimate of drug-likeness (QED) is 0.704. The third kappa shape index (κ3) is 3.08. The number of carbonyl (C=O) groups excluding carboxylic acids is 1. The second-order valence-corrected chi connectivity index (χ2v) is 7.86. The molecule has 0 spiro atoms. The number of likely N-dealkylation sites (N-methyl/N-ethyl adjacent to an activating group) is 1. The summed E-state index contributed by atoms with van der Waals surface area (Å²) in [5.41, 5.74) is 8.07. The summed E-state index contributed by atoms with van der Waals surface area (Å²) in [7, 11) is 2.11. The van der Waals surface area contributed by atoms with Gasteiger partial charge in [-0.3, -0.25) is 14.7 Å². The summed E-state index contributed by atoms with van der Waals surface area (Å²) < 4.78 is 0. The minimum Gasteiger partial charge on any atom is -0.395 e. The van der Waals surface area contributed by atoms with E-state index in [-0.39, 0.29) is 24.5 Å². The van der Waals surface area contributed by atoms with E-state index in [1.807, 2.05) is 13.8 Å². The van der Waals surface area contributed by atoms with Gasteiger partial charge in [-0.15, -0.1) is 0 Å². The van der Waals surface area contributed by atoms with E-state index >= 15 is 0 Å². The minimum absolute atomic E-state index is 0.00248. The fourth-order valence-electron chi connectivity index (χ4n) is 4.47. The van der Waals surface area contributed by atoms with Crippen molar-refractivity contribution in [3.05, 3.63) is 41.6 Å². The molecule has 3 N–H and O–H groups in total. The lowest BCUT2D eigenvalue weighted by molar-refractivity contribution is -0.140. The first-order valence-electron chi connectivity index (χ1n) is 9.70. The van der Waals surface area contributed by atoms with Gasteiger partial charge in [-0.1, -0.05) is 18.2 Å². The molecule has 2 aliphatic rings. The van der Waals surface area contributed by atoms with Gasteiger partial charge in [0.1, 0.15) is 0 Å². The van der Waals surface area contributed by atoms with Gasteiger partial charge in [0.15, 0.2) is 0 Å². The highest BCUT2D eigenvalue weighted by Crippen LogP contribution is 2.40. The highest BCUT2D eigenvalue weighted by atomic mass is 16.3. The van der Waals surface area contributed by atoms with E-state index in [4.69, 9.17) is 5.11 Å². The predicted molar refractivity (Wildman–Crippen MR) is 107 cm³/mol. The SMILES string of the molecule is CC(C)N(NCCO)C(=O)C1C=C2c3cccc4[nH]cc(c34)CC2N(C)C1. The molecule has 0 saturated carbocycles. The fourth-order valence-corrected chi connectivity index (χ4v) is 4.47. The zero-order valence-corrected chi connectivity index (χ0v) is 16.2. The highest BCUT2D eigenvalue weighted by molar-refractivity contribution is 5.99. The minimum atomic E-state index is -0.203. The molecule has 144 valence electrons. The van der Waals surface area contributed by atoms with E-state index in [1.165, 1.54) is 22.1 Å². The molecule has 6 nitrogen and oxygen atoms in total. The van der Waals surface area contributed by atoms with Gasteiger partial charge < -0.3 is 10.1 Å². The van der Waals surface area contributed by atoms with Crippen molar-refractivity contribution in [1.82, 2.24) is 20.3 Å². The molecule has 1 aliphatic carbocycles. The number of aromatic amines is 1. The number of H-pyrrole nitrogens is 1. The third-order valence-electron chi connectivity index (χ3n) is 5.73. The van der Waals surface area contributed by atoms with Crippen molar-refractivity contribution in [3.8, 4) is 0 Å². The van der Waals surface area contributed by atoms with Crippen LogP contribution in [0.3, 0.4) is 0 Å². The maximum atomic E-state index is 13.2.